The lowest BCUT2D eigenvalue weighted by atomic mass is 9.88. The Balaban J connectivity index is 1.92. The summed E-state index contributed by atoms with van der Waals surface area (Å²) in [6, 6.07) is 21.0. The molecule has 1 N–H and O–H groups in total. The van der Waals surface area contributed by atoms with Crippen molar-refractivity contribution in [2.45, 2.75) is 12.2 Å². The standard InChI is InChI=1S/C23H15Cl3O3/c24-17-9-7-16(8-10-17)23(28)18(12-14-4-2-1-3-5-14)21(22(27)29-23)15-6-11-19(25)20(26)13-15/h1-11,13,28H,12H2. The number of rotatable bonds is 4. The third-order valence-corrected chi connectivity index (χ3v) is 5.81. The lowest BCUT2D eigenvalue weighted by molar-refractivity contribution is -0.185. The van der Waals surface area contributed by atoms with E-state index in [0.29, 0.717) is 38.2 Å². The Morgan fingerprint density at radius 3 is 2.21 bits per heavy atom. The molecule has 0 aromatic heterocycles. The predicted molar refractivity (Wildman–Crippen MR) is 115 cm³/mol. The number of carbonyl (C=O) groups excluding carboxylic acids is 1. The molecule has 3 aromatic rings. The highest BCUT2D eigenvalue weighted by Gasteiger charge is 2.48. The highest BCUT2D eigenvalue weighted by Crippen LogP contribution is 2.45. The minimum absolute atomic E-state index is 0.268. The Labute approximate surface area is 183 Å². The van der Waals surface area contributed by atoms with Crippen LogP contribution in [0.15, 0.2) is 78.4 Å². The molecule has 1 aliphatic rings. The maximum atomic E-state index is 12.9. The van der Waals surface area contributed by atoms with E-state index in [2.05, 4.69) is 0 Å². The molecule has 0 radical (unpaired) electrons. The number of ether oxygens (including phenoxy) is 1. The molecule has 0 saturated heterocycles. The third kappa shape index (κ3) is 3.79. The smallest absolute Gasteiger partial charge is 0.342 e. The first kappa shape index (κ1) is 20.0. The van der Waals surface area contributed by atoms with Crippen LogP contribution in [0.3, 0.4) is 0 Å². The van der Waals surface area contributed by atoms with Gasteiger partial charge in [-0.05, 0) is 35.4 Å². The molecule has 0 aliphatic carbocycles. The largest absolute Gasteiger partial charge is 0.421 e. The van der Waals surface area contributed by atoms with Gasteiger partial charge in [-0.15, -0.1) is 0 Å². The first-order chi connectivity index (χ1) is 13.9. The average Bonchev–Trinajstić information content (AvgIpc) is 2.96. The fraction of sp³-hybridized carbons (Fsp3) is 0.0870. The second-order valence-corrected chi connectivity index (χ2v) is 7.94. The Morgan fingerprint density at radius 2 is 1.55 bits per heavy atom. The van der Waals surface area contributed by atoms with Crippen molar-refractivity contribution in [3.8, 4) is 0 Å². The molecular weight excluding hydrogens is 431 g/mol. The van der Waals surface area contributed by atoms with Gasteiger partial charge < -0.3 is 9.84 Å². The number of aliphatic hydroxyl groups is 1. The number of carbonyl (C=O) groups is 1. The van der Waals surface area contributed by atoms with Crippen LogP contribution in [-0.4, -0.2) is 11.1 Å². The van der Waals surface area contributed by atoms with Gasteiger partial charge in [0.15, 0.2) is 0 Å². The van der Waals surface area contributed by atoms with Crippen molar-refractivity contribution < 1.29 is 14.6 Å². The number of hydrogen-bond acceptors (Lipinski definition) is 3. The summed E-state index contributed by atoms with van der Waals surface area (Å²) in [6.45, 7) is 0. The van der Waals surface area contributed by atoms with Crippen molar-refractivity contribution >= 4 is 46.3 Å². The van der Waals surface area contributed by atoms with Gasteiger partial charge in [-0.2, -0.15) is 0 Å². The van der Waals surface area contributed by atoms with Crippen molar-refractivity contribution in [2.75, 3.05) is 0 Å². The normalized spacial score (nSPS) is 18.8. The van der Waals surface area contributed by atoms with Crippen LogP contribution in [0.25, 0.3) is 5.57 Å². The number of benzene rings is 3. The summed E-state index contributed by atoms with van der Waals surface area (Å²) in [5.74, 6) is -2.55. The molecule has 1 atom stereocenters. The Hall–Kier alpha value is -2.30. The average molecular weight is 446 g/mol. The minimum atomic E-state index is -1.92. The second kappa shape index (κ2) is 7.85. The van der Waals surface area contributed by atoms with Crippen molar-refractivity contribution in [2.24, 2.45) is 0 Å². The van der Waals surface area contributed by atoms with Gasteiger partial charge in [0.05, 0.1) is 15.6 Å². The van der Waals surface area contributed by atoms with Gasteiger partial charge >= 0.3 is 5.97 Å². The van der Waals surface area contributed by atoms with Crippen LogP contribution in [0.2, 0.25) is 15.1 Å². The van der Waals surface area contributed by atoms with Crippen LogP contribution in [-0.2, 0) is 21.7 Å². The zero-order chi connectivity index (χ0) is 20.6. The van der Waals surface area contributed by atoms with Crippen molar-refractivity contribution in [1.82, 2.24) is 0 Å². The van der Waals surface area contributed by atoms with Crippen LogP contribution in [0.5, 0.6) is 0 Å². The van der Waals surface area contributed by atoms with E-state index in [0.717, 1.165) is 5.56 Å². The fourth-order valence-corrected chi connectivity index (χ4v) is 3.82. The number of cyclic esters (lactones) is 1. The van der Waals surface area contributed by atoms with Crippen LogP contribution in [0.4, 0.5) is 0 Å². The molecule has 4 rings (SSSR count). The monoisotopic (exact) mass is 444 g/mol. The molecular formula is C23H15Cl3O3. The van der Waals surface area contributed by atoms with Gasteiger partial charge in [0, 0.05) is 22.6 Å². The summed E-state index contributed by atoms with van der Waals surface area (Å²) in [4.78, 5) is 12.9. The zero-order valence-corrected chi connectivity index (χ0v) is 17.3. The quantitative estimate of drug-likeness (QED) is 0.498. The maximum Gasteiger partial charge on any atom is 0.342 e. The molecule has 29 heavy (non-hydrogen) atoms. The second-order valence-electron chi connectivity index (χ2n) is 6.69. The molecule has 0 amide bonds. The molecule has 3 nitrogen and oxygen atoms in total. The summed E-state index contributed by atoms with van der Waals surface area (Å²) in [5.41, 5.74) is 2.56. The van der Waals surface area contributed by atoms with Crippen molar-refractivity contribution in [3.63, 3.8) is 0 Å². The molecule has 0 bridgehead atoms. The van der Waals surface area contributed by atoms with E-state index in [4.69, 9.17) is 39.5 Å². The van der Waals surface area contributed by atoms with E-state index in [1.807, 2.05) is 30.3 Å². The van der Waals surface area contributed by atoms with Gasteiger partial charge in [-0.3, -0.25) is 0 Å². The van der Waals surface area contributed by atoms with E-state index in [-0.39, 0.29) is 5.57 Å². The molecule has 1 heterocycles. The van der Waals surface area contributed by atoms with E-state index in [1.54, 1.807) is 42.5 Å². The van der Waals surface area contributed by atoms with Gasteiger partial charge in [-0.25, -0.2) is 4.79 Å². The van der Waals surface area contributed by atoms with Gasteiger partial charge in [0.25, 0.3) is 5.79 Å². The maximum absolute atomic E-state index is 12.9. The molecule has 3 aromatic carbocycles. The summed E-state index contributed by atoms with van der Waals surface area (Å²) in [5, 5.41) is 12.7. The predicted octanol–water partition coefficient (Wildman–Crippen LogP) is 6.05. The fourth-order valence-electron chi connectivity index (χ4n) is 3.40. The number of halogens is 3. The summed E-state index contributed by atoms with van der Waals surface area (Å²) in [6.07, 6.45) is 0.307. The lowest BCUT2D eigenvalue weighted by Gasteiger charge is -2.25. The SMILES string of the molecule is O=C1OC(O)(c2ccc(Cl)cc2)C(Cc2ccccc2)=C1c1ccc(Cl)c(Cl)c1. The highest BCUT2D eigenvalue weighted by molar-refractivity contribution is 6.42. The molecule has 6 heteroatoms. The molecule has 146 valence electrons. The lowest BCUT2D eigenvalue weighted by Crippen LogP contribution is -2.29. The summed E-state index contributed by atoms with van der Waals surface area (Å²) in [7, 11) is 0. The summed E-state index contributed by atoms with van der Waals surface area (Å²) >= 11 is 18.2. The molecule has 0 spiro atoms. The van der Waals surface area contributed by atoms with E-state index in [9.17, 15) is 9.90 Å². The van der Waals surface area contributed by atoms with Gasteiger partial charge in [-0.1, -0.05) is 83.3 Å². The van der Waals surface area contributed by atoms with Crippen LogP contribution < -0.4 is 0 Å². The highest BCUT2D eigenvalue weighted by atomic mass is 35.5. The number of esters is 1. The van der Waals surface area contributed by atoms with Crippen LogP contribution in [0, 0.1) is 0 Å². The summed E-state index contributed by atoms with van der Waals surface area (Å²) < 4.78 is 5.52. The Bertz CT molecular complexity index is 1110. The topological polar surface area (TPSA) is 46.5 Å². The zero-order valence-electron chi connectivity index (χ0n) is 15.0. The van der Waals surface area contributed by atoms with E-state index < -0.39 is 11.8 Å². The molecule has 0 saturated carbocycles. The third-order valence-electron chi connectivity index (χ3n) is 4.82. The molecule has 1 aliphatic heterocycles. The first-order valence-electron chi connectivity index (χ1n) is 8.83. The van der Waals surface area contributed by atoms with Crippen molar-refractivity contribution in [1.29, 1.82) is 0 Å². The minimum Gasteiger partial charge on any atom is -0.421 e. The molecule has 0 fully saturated rings. The van der Waals surface area contributed by atoms with Gasteiger partial charge in [0.2, 0.25) is 0 Å². The van der Waals surface area contributed by atoms with Crippen LogP contribution >= 0.6 is 34.8 Å². The Kier molecular flexibility index (Phi) is 5.41. The number of hydrogen-bond donors (Lipinski definition) is 1. The molecule has 1 unspecified atom stereocenters. The first-order valence-corrected chi connectivity index (χ1v) is 9.96. The van der Waals surface area contributed by atoms with Crippen LogP contribution in [0.1, 0.15) is 16.7 Å². The van der Waals surface area contributed by atoms with E-state index >= 15 is 0 Å². The van der Waals surface area contributed by atoms with E-state index in [1.165, 1.54) is 0 Å². The van der Waals surface area contributed by atoms with Crippen molar-refractivity contribution in [3.05, 3.63) is 110 Å². The van der Waals surface area contributed by atoms with Gasteiger partial charge in [0.1, 0.15) is 0 Å². The Morgan fingerprint density at radius 1 is 0.862 bits per heavy atom.